The first kappa shape index (κ1) is 15.6. The van der Waals surface area contributed by atoms with Crippen molar-refractivity contribution in [1.82, 2.24) is 15.1 Å². The van der Waals surface area contributed by atoms with Crippen LogP contribution in [0.5, 0.6) is 0 Å². The highest BCUT2D eigenvalue weighted by Gasteiger charge is 2.16. The Balaban J connectivity index is 2.29. The van der Waals surface area contributed by atoms with Crippen LogP contribution in [0.4, 0.5) is 0 Å². The van der Waals surface area contributed by atoms with Gasteiger partial charge in [-0.15, -0.1) is 0 Å². The number of aryl methyl sites for hydroxylation is 1. The Morgan fingerprint density at radius 3 is 2.48 bits per heavy atom. The van der Waals surface area contributed by atoms with Crippen LogP contribution >= 0.6 is 11.6 Å². The molecule has 0 saturated carbocycles. The number of carbonyl (C=O) groups excluding carboxylic acids is 1. The molecule has 112 valence electrons. The summed E-state index contributed by atoms with van der Waals surface area (Å²) in [6.07, 6.45) is 0.351. The van der Waals surface area contributed by atoms with Gasteiger partial charge < -0.3 is 5.32 Å². The molecule has 0 atom stereocenters. The van der Waals surface area contributed by atoms with Crippen molar-refractivity contribution in [3.05, 3.63) is 46.2 Å². The minimum Gasteiger partial charge on any atom is -0.354 e. The lowest BCUT2D eigenvalue weighted by Crippen LogP contribution is -2.31. The fourth-order valence-electron chi connectivity index (χ4n) is 2.30. The van der Waals surface area contributed by atoms with Crippen LogP contribution in [-0.2, 0) is 11.2 Å². The van der Waals surface area contributed by atoms with Crippen molar-refractivity contribution in [3.8, 4) is 5.69 Å². The summed E-state index contributed by atoms with van der Waals surface area (Å²) < 4.78 is 1.85. The lowest BCUT2D eigenvalue weighted by atomic mass is 10.1. The Morgan fingerprint density at radius 1 is 1.29 bits per heavy atom. The third-order valence-electron chi connectivity index (χ3n) is 3.30. The molecule has 0 fully saturated rings. The van der Waals surface area contributed by atoms with Crippen LogP contribution in [0.3, 0.4) is 0 Å². The Kier molecular flexibility index (Phi) is 4.68. The summed E-state index contributed by atoms with van der Waals surface area (Å²) in [5, 5.41) is 8.14. The van der Waals surface area contributed by atoms with E-state index in [4.69, 9.17) is 11.6 Å². The average Bonchev–Trinajstić information content (AvgIpc) is 2.67. The quantitative estimate of drug-likeness (QED) is 0.943. The fourth-order valence-corrected chi connectivity index (χ4v) is 2.42. The Labute approximate surface area is 130 Å². The molecule has 5 heteroatoms. The molecule has 0 aliphatic heterocycles. The van der Waals surface area contributed by atoms with Crippen molar-refractivity contribution in [1.29, 1.82) is 0 Å². The molecule has 1 aromatic heterocycles. The molecule has 0 bridgehead atoms. The van der Waals surface area contributed by atoms with Gasteiger partial charge in [-0.1, -0.05) is 11.6 Å². The number of benzene rings is 1. The lowest BCUT2D eigenvalue weighted by molar-refractivity contribution is -0.120. The number of rotatable bonds is 4. The molecule has 0 spiro atoms. The summed E-state index contributed by atoms with van der Waals surface area (Å²) in [5.74, 6) is 0.0202. The van der Waals surface area contributed by atoms with Crippen LogP contribution in [0.25, 0.3) is 5.69 Å². The van der Waals surface area contributed by atoms with Crippen molar-refractivity contribution >= 4 is 17.5 Å². The van der Waals surface area contributed by atoms with Crippen molar-refractivity contribution in [2.45, 2.75) is 40.2 Å². The van der Waals surface area contributed by atoms with Gasteiger partial charge in [-0.2, -0.15) is 5.10 Å². The summed E-state index contributed by atoms with van der Waals surface area (Å²) >= 11 is 5.91. The monoisotopic (exact) mass is 305 g/mol. The van der Waals surface area contributed by atoms with Crippen LogP contribution in [-0.4, -0.2) is 21.7 Å². The summed E-state index contributed by atoms with van der Waals surface area (Å²) in [6.45, 7) is 7.81. The molecular formula is C16H20ClN3O. The maximum atomic E-state index is 12.0. The highest BCUT2D eigenvalue weighted by Crippen LogP contribution is 2.20. The largest absolute Gasteiger partial charge is 0.354 e. The molecule has 0 aliphatic carbocycles. The first-order valence-corrected chi connectivity index (χ1v) is 7.36. The number of amides is 1. The van der Waals surface area contributed by atoms with Crippen LogP contribution < -0.4 is 5.32 Å². The smallest absolute Gasteiger partial charge is 0.224 e. The molecule has 0 saturated heterocycles. The number of hydrogen-bond donors (Lipinski definition) is 1. The van der Waals surface area contributed by atoms with E-state index in [1.54, 1.807) is 0 Å². The number of nitrogens with one attached hydrogen (secondary N) is 1. The zero-order valence-corrected chi connectivity index (χ0v) is 13.5. The van der Waals surface area contributed by atoms with Gasteiger partial charge in [0, 0.05) is 22.3 Å². The SMILES string of the molecule is Cc1nn(-c2ccc(Cl)cc2)c(C)c1CC(=O)NC(C)C. The van der Waals surface area contributed by atoms with E-state index >= 15 is 0 Å². The van der Waals surface area contributed by atoms with Crippen LogP contribution in [0.15, 0.2) is 24.3 Å². The molecule has 2 rings (SSSR count). The summed E-state index contributed by atoms with van der Waals surface area (Å²) in [5.41, 5.74) is 3.77. The van der Waals surface area contributed by atoms with Gasteiger partial charge in [0.05, 0.1) is 17.8 Å². The fraction of sp³-hybridized carbons (Fsp3) is 0.375. The predicted molar refractivity (Wildman–Crippen MR) is 85.0 cm³/mol. The van der Waals surface area contributed by atoms with Gasteiger partial charge >= 0.3 is 0 Å². The highest BCUT2D eigenvalue weighted by atomic mass is 35.5. The molecule has 1 amide bonds. The van der Waals surface area contributed by atoms with E-state index in [-0.39, 0.29) is 11.9 Å². The van der Waals surface area contributed by atoms with Crippen LogP contribution in [0.1, 0.15) is 30.8 Å². The highest BCUT2D eigenvalue weighted by molar-refractivity contribution is 6.30. The third-order valence-corrected chi connectivity index (χ3v) is 3.55. The number of aromatic nitrogens is 2. The second kappa shape index (κ2) is 6.31. The van der Waals surface area contributed by atoms with Gasteiger partial charge in [0.2, 0.25) is 5.91 Å². The van der Waals surface area contributed by atoms with Gasteiger partial charge in [0.15, 0.2) is 0 Å². The minimum absolute atomic E-state index is 0.0202. The molecule has 2 aromatic rings. The van der Waals surface area contributed by atoms with Gasteiger partial charge in [-0.05, 0) is 52.0 Å². The van der Waals surface area contributed by atoms with E-state index in [9.17, 15) is 4.79 Å². The zero-order chi connectivity index (χ0) is 15.6. The summed E-state index contributed by atoms with van der Waals surface area (Å²) in [6, 6.07) is 7.64. The van der Waals surface area contributed by atoms with Gasteiger partial charge in [-0.3, -0.25) is 4.79 Å². The second-order valence-corrected chi connectivity index (χ2v) is 5.87. The normalized spacial score (nSPS) is 11.0. The minimum atomic E-state index is 0.0202. The number of carbonyl (C=O) groups is 1. The number of halogens is 1. The van der Waals surface area contributed by atoms with Crippen LogP contribution in [0, 0.1) is 13.8 Å². The standard InChI is InChI=1S/C16H20ClN3O/c1-10(2)18-16(21)9-15-11(3)19-20(12(15)4)14-7-5-13(17)6-8-14/h5-8,10H,9H2,1-4H3,(H,18,21). The van der Waals surface area contributed by atoms with Crippen molar-refractivity contribution in [2.75, 3.05) is 0 Å². The molecule has 1 heterocycles. The predicted octanol–water partition coefficient (Wildman–Crippen LogP) is 3.21. The molecule has 0 aliphatic rings. The lowest BCUT2D eigenvalue weighted by Gasteiger charge is -2.09. The first-order valence-electron chi connectivity index (χ1n) is 6.99. The maximum Gasteiger partial charge on any atom is 0.224 e. The Hall–Kier alpha value is -1.81. The average molecular weight is 306 g/mol. The van der Waals surface area contributed by atoms with Gasteiger partial charge in [-0.25, -0.2) is 4.68 Å². The molecule has 1 N–H and O–H groups in total. The number of nitrogens with zero attached hydrogens (tertiary/aromatic N) is 2. The topological polar surface area (TPSA) is 46.9 Å². The van der Waals surface area contributed by atoms with E-state index < -0.39 is 0 Å². The second-order valence-electron chi connectivity index (χ2n) is 5.44. The molecule has 0 unspecified atom stereocenters. The van der Waals surface area contributed by atoms with Gasteiger partial charge in [0.25, 0.3) is 0 Å². The van der Waals surface area contributed by atoms with E-state index in [1.165, 1.54) is 0 Å². The third kappa shape index (κ3) is 3.64. The molecule has 0 radical (unpaired) electrons. The molecule has 4 nitrogen and oxygen atoms in total. The molecular weight excluding hydrogens is 286 g/mol. The zero-order valence-electron chi connectivity index (χ0n) is 12.8. The van der Waals surface area contributed by atoms with E-state index in [1.807, 2.05) is 56.6 Å². The van der Waals surface area contributed by atoms with Crippen molar-refractivity contribution in [3.63, 3.8) is 0 Å². The van der Waals surface area contributed by atoms with Crippen molar-refractivity contribution in [2.24, 2.45) is 0 Å². The van der Waals surface area contributed by atoms with E-state index in [0.717, 1.165) is 22.6 Å². The molecule has 21 heavy (non-hydrogen) atoms. The maximum absolute atomic E-state index is 12.0. The first-order chi connectivity index (χ1) is 9.88. The number of hydrogen-bond acceptors (Lipinski definition) is 2. The Morgan fingerprint density at radius 2 is 1.90 bits per heavy atom. The van der Waals surface area contributed by atoms with E-state index in [0.29, 0.717) is 11.4 Å². The summed E-state index contributed by atoms with van der Waals surface area (Å²) in [7, 11) is 0. The van der Waals surface area contributed by atoms with E-state index in [2.05, 4.69) is 10.4 Å². The Bertz CT molecular complexity index is 644. The summed E-state index contributed by atoms with van der Waals surface area (Å²) in [4.78, 5) is 12.0. The van der Waals surface area contributed by atoms with Crippen LogP contribution in [0.2, 0.25) is 5.02 Å². The van der Waals surface area contributed by atoms with Gasteiger partial charge in [0.1, 0.15) is 0 Å². The molecule has 1 aromatic carbocycles. The van der Waals surface area contributed by atoms with Crippen molar-refractivity contribution < 1.29 is 4.79 Å².